The van der Waals surface area contributed by atoms with Crippen LogP contribution in [0.2, 0.25) is 0 Å². The van der Waals surface area contributed by atoms with E-state index in [1.54, 1.807) is 11.0 Å². The van der Waals surface area contributed by atoms with Crippen LogP contribution in [0.1, 0.15) is 64.9 Å². The van der Waals surface area contributed by atoms with Gasteiger partial charge in [0.25, 0.3) is 0 Å². The summed E-state index contributed by atoms with van der Waals surface area (Å²) >= 11 is 0. The van der Waals surface area contributed by atoms with Gasteiger partial charge in [-0.1, -0.05) is 57.5 Å². The van der Waals surface area contributed by atoms with Crippen LogP contribution < -0.4 is 11.1 Å². The Hall–Kier alpha value is -3.22. The summed E-state index contributed by atoms with van der Waals surface area (Å²) < 4.78 is 13.7. The smallest absolute Gasteiger partial charge is 0.245 e. The summed E-state index contributed by atoms with van der Waals surface area (Å²) in [6, 6.07) is 13.6. The monoisotopic (exact) mass is 509 g/mol. The van der Waals surface area contributed by atoms with Crippen molar-refractivity contribution >= 4 is 17.7 Å². The van der Waals surface area contributed by atoms with Crippen molar-refractivity contribution in [2.75, 3.05) is 6.54 Å². The third-order valence-corrected chi connectivity index (χ3v) is 7.07. The lowest BCUT2D eigenvalue weighted by molar-refractivity contribution is -0.139. The number of nitrogens with zero attached hydrogens (tertiary/aromatic N) is 1. The number of halogens is 1. The fourth-order valence-electron chi connectivity index (χ4n) is 5.23. The Morgan fingerprint density at radius 2 is 1.78 bits per heavy atom. The van der Waals surface area contributed by atoms with Crippen molar-refractivity contribution in [1.29, 1.82) is 0 Å². The molecule has 3 rings (SSSR count). The number of likely N-dealkylation sites (tertiary alicyclic amines) is 1. The zero-order valence-corrected chi connectivity index (χ0v) is 22.2. The van der Waals surface area contributed by atoms with Gasteiger partial charge in [-0.05, 0) is 72.9 Å². The van der Waals surface area contributed by atoms with Gasteiger partial charge in [-0.3, -0.25) is 14.4 Å². The molecule has 2 aromatic rings. The van der Waals surface area contributed by atoms with Gasteiger partial charge < -0.3 is 16.0 Å². The Labute approximate surface area is 219 Å². The number of primary amides is 1. The summed E-state index contributed by atoms with van der Waals surface area (Å²) in [4.78, 5) is 40.9. The van der Waals surface area contributed by atoms with Gasteiger partial charge >= 0.3 is 0 Å². The van der Waals surface area contributed by atoms with Crippen molar-refractivity contribution in [3.63, 3.8) is 0 Å². The molecule has 1 aliphatic rings. The third kappa shape index (κ3) is 7.88. The van der Waals surface area contributed by atoms with Crippen LogP contribution in [0.3, 0.4) is 0 Å². The number of rotatable bonds is 11. The molecular weight excluding hydrogens is 469 g/mol. The third-order valence-electron chi connectivity index (χ3n) is 7.07. The number of nitrogens with two attached hydrogens (primary N) is 1. The fraction of sp³-hybridized carbons (Fsp3) is 0.500. The molecule has 3 N–H and O–H groups in total. The van der Waals surface area contributed by atoms with Gasteiger partial charge in [-0.15, -0.1) is 0 Å². The lowest BCUT2D eigenvalue weighted by Crippen LogP contribution is -2.50. The Morgan fingerprint density at radius 1 is 1.08 bits per heavy atom. The number of nitrogens with one attached hydrogen (secondary N) is 1. The predicted octanol–water partition coefficient (Wildman–Crippen LogP) is 5.05. The fourth-order valence-corrected chi connectivity index (χ4v) is 5.23. The van der Waals surface area contributed by atoms with Gasteiger partial charge in [-0.25, -0.2) is 4.39 Å². The minimum atomic E-state index is -0.633. The van der Waals surface area contributed by atoms with Crippen LogP contribution in [0.15, 0.2) is 48.5 Å². The van der Waals surface area contributed by atoms with E-state index in [-0.39, 0.29) is 23.5 Å². The molecule has 200 valence electrons. The average molecular weight is 510 g/mol. The molecule has 6 nitrogen and oxygen atoms in total. The molecule has 1 fully saturated rings. The lowest BCUT2D eigenvalue weighted by Gasteiger charge is -2.29. The number of benzene rings is 2. The number of hydrogen-bond acceptors (Lipinski definition) is 3. The first kappa shape index (κ1) is 28.4. The Kier molecular flexibility index (Phi) is 10.2. The van der Waals surface area contributed by atoms with Gasteiger partial charge in [0.15, 0.2) is 0 Å². The second kappa shape index (κ2) is 13.4. The van der Waals surface area contributed by atoms with E-state index >= 15 is 0 Å². The van der Waals surface area contributed by atoms with Gasteiger partial charge in [0, 0.05) is 24.9 Å². The molecule has 3 amide bonds. The van der Waals surface area contributed by atoms with Crippen molar-refractivity contribution in [2.24, 2.45) is 23.5 Å². The van der Waals surface area contributed by atoms with E-state index in [4.69, 9.17) is 5.73 Å². The maximum atomic E-state index is 13.7. The number of amides is 3. The molecule has 1 saturated heterocycles. The molecule has 3 atom stereocenters. The second-order valence-electron chi connectivity index (χ2n) is 10.6. The molecule has 1 heterocycles. The van der Waals surface area contributed by atoms with Crippen molar-refractivity contribution in [2.45, 2.75) is 71.9 Å². The molecule has 0 spiro atoms. The van der Waals surface area contributed by atoms with E-state index in [0.717, 1.165) is 36.0 Å². The molecule has 0 aromatic heterocycles. The molecule has 1 aliphatic heterocycles. The summed E-state index contributed by atoms with van der Waals surface area (Å²) in [6.07, 6.45) is 4.06. The van der Waals surface area contributed by atoms with Crippen LogP contribution >= 0.6 is 0 Å². The predicted molar refractivity (Wildman–Crippen MR) is 144 cm³/mol. The SMILES string of the molecule is CCC[C@H](C(N)=O)C(CC(C)C)C(=O)N[C@H]1CCCCN(Cc2cccc(-c3cccc(F)c3)c2)C1=O. The normalized spacial score (nSPS) is 17.8. The topological polar surface area (TPSA) is 92.5 Å². The van der Waals surface area contributed by atoms with Crippen LogP contribution in [-0.2, 0) is 20.9 Å². The Bertz CT molecular complexity index is 1090. The molecule has 0 radical (unpaired) electrons. The van der Waals surface area contributed by atoms with Gasteiger partial charge in [0.1, 0.15) is 11.9 Å². The molecular formula is C30H40FN3O3. The summed E-state index contributed by atoms with van der Waals surface area (Å²) in [5, 5.41) is 2.99. The van der Waals surface area contributed by atoms with Crippen LogP contribution in [-0.4, -0.2) is 35.2 Å². The minimum Gasteiger partial charge on any atom is -0.369 e. The van der Waals surface area contributed by atoms with E-state index in [1.165, 1.54) is 12.1 Å². The zero-order valence-electron chi connectivity index (χ0n) is 22.2. The summed E-state index contributed by atoms with van der Waals surface area (Å²) in [5.74, 6) is -2.02. The van der Waals surface area contributed by atoms with Crippen LogP contribution in [0.5, 0.6) is 0 Å². The highest BCUT2D eigenvalue weighted by atomic mass is 19.1. The first-order valence-electron chi connectivity index (χ1n) is 13.4. The highest BCUT2D eigenvalue weighted by molar-refractivity contribution is 5.91. The zero-order chi connectivity index (χ0) is 26.9. The standard InChI is InChI=1S/C30H40FN3O3/c1-4-9-25(28(32)35)26(16-20(2)3)29(36)33-27-14-5-6-15-34(30(27)37)19-21-10-7-11-22(17-21)23-12-8-13-24(31)18-23/h7-8,10-13,17-18,20,25-27H,4-6,9,14-16,19H2,1-3H3,(H2,32,35)(H,33,36)/t25-,26?,27-/m0/s1. The van der Waals surface area contributed by atoms with Gasteiger partial charge in [-0.2, -0.15) is 0 Å². The number of hydrogen-bond donors (Lipinski definition) is 2. The van der Waals surface area contributed by atoms with Crippen molar-refractivity contribution in [1.82, 2.24) is 10.2 Å². The maximum absolute atomic E-state index is 13.7. The molecule has 37 heavy (non-hydrogen) atoms. The van der Waals surface area contributed by atoms with E-state index in [1.807, 2.05) is 51.1 Å². The average Bonchev–Trinajstić information content (AvgIpc) is 3.02. The quantitative estimate of drug-likeness (QED) is 0.444. The second-order valence-corrected chi connectivity index (χ2v) is 10.6. The summed E-state index contributed by atoms with van der Waals surface area (Å²) in [7, 11) is 0. The van der Waals surface area contributed by atoms with Crippen molar-refractivity contribution < 1.29 is 18.8 Å². The van der Waals surface area contributed by atoms with Gasteiger partial charge in [0.2, 0.25) is 17.7 Å². The van der Waals surface area contributed by atoms with Crippen LogP contribution in [0.4, 0.5) is 4.39 Å². The minimum absolute atomic E-state index is 0.114. The van der Waals surface area contributed by atoms with Gasteiger partial charge in [0.05, 0.1) is 0 Å². The van der Waals surface area contributed by atoms with E-state index in [2.05, 4.69) is 5.32 Å². The molecule has 0 aliphatic carbocycles. The van der Waals surface area contributed by atoms with E-state index in [0.29, 0.717) is 32.4 Å². The molecule has 0 bridgehead atoms. The lowest BCUT2D eigenvalue weighted by atomic mass is 9.81. The van der Waals surface area contributed by atoms with Crippen LogP contribution in [0.25, 0.3) is 11.1 Å². The number of carbonyl (C=O) groups is 3. The number of carbonyl (C=O) groups excluding carboxylic acids is 3. The molecule has 1 unspecified atom stereocenters. The summed E-state index contributed by atoms with van der Waals surface area (Å²) in [5.41, 5.74) is 8.28. The van der Waals surface area contributed by atoms with E-state index < -0.39 is 23.8 Å². The Morgan fingerprint density at radius 3 is 2.43 bits per heavy atom. The van der Waals surface area contributed by atoms with Crippen LogP contribution in [0, 0.1) is 23.6 Å². The highest BCUT2D eigenvalue weighted by Gasteiger charge is 2.35. The van der Waals surface area contributed by atoms with E-state index in [9.17, 15) is 18.8 Å². The molecule has 2 aromatic carbocycles. The highest BCUT2D eigenvalue weighted by Crippen LogP contribution is 2.27. The largest absolute Gasteiger partial charge is 0.369 e. The van der Waals surface area contributed by atoms with Crippen molar-refractivity contribution in [3.8, 4) is 11.1 Å². The van der Waals surface area contributed by atoms with Crippen molar-refractivity contribution in [3.05, 3.63) is 59.9 Å². The molecule has 7 heteroatoms. The molecule has 0 saturated carbocycles. The Balaban J connectivity index is 1.75. The first-order valence-corrected chi connectivity index (χ1v) is 13.4. The maximum Gasteiger partial charge on any atom is 0.245 e. The first-order chi connectivity index (χ1) is 17.7. The summed E-state index contributed by atoms with van der Waals surface area (Å²) in [6.45, 7) is 7.01.